The molecule has 0 spiro atoms. The van der Waals surface area contributed by atoms with Gasteiger partial charge in [-0.25, -0.2) is 0 Å². The van der Waals surface area contributed by atoms with Crippen LogP contribution in [0, 0.1) is 11.3 Å². The highest BCUT2D eigenvalue weighted by molar-refractivity contribution is 6.07. The zero-order valence-electron chi connectivity index (χ0n) is 10.3. The molecule has 94 valence electrons. The van der Waals surface area contributed by atoms with E-state index < -0.39 is 5.41 Å². The van der Waals surface area contributed by atoms with Gasteiger partial charge in [0.2, 0.25) is 11.8 Å². The summed E-state index contributed by atoms with van der Waals surface area (Å²) in [5, 5.41) is 2.44. The maximum atomic E-state index is 11.8. The molecule has 2 saturated heterocycles. The summed E-state index contributed by atoms with van der Waals surface area (Å²) in [5.41, 5.74) is 0.681. The Labute approximate surface area is 106 Å². The molecule has 1 N–H and O–H groups in total. The van der Waals surface area contributed by atoms with E-state index in [9.17, 15) is 9.59 Å². The molecular weight excluding hydrogens is 228 g/mol. The van der Waals surface area contributed by atoms with E-state index in [0.717, 1.165) is 6.54 Å². The molecule has 2 amide bonds. The van der Waals surface area contributed by atoms with Gasteiger partial charge < -0.3 is 0 Å². The lowest BCUT2D eigenvalue weighted by Crippen LogP contribution is -2.35. The molecular formula is C14H16N2O2. The van der Waals surface area contributed by atoms with Crippen LogP contribution in [0.1, 0.15) is 12.5 Å². The van der Waals surface area contributed by atoms with E-state index in [1.165, 1.54) is 5.56 Å². The van der Waals surface area contributed by atoms with Crippen LogP contribution >= 0.6 is 0 Å². The van der Waals surface area contributed by atoms with Crippen LogP contribution in [0.4, 0.5) is 0 Å². The van der Waals surface area contributed by atoms with Crippen molar-refractivity contribution in [2.45, 2.75) is 13.5 Å². The van der Waals surface area contributed by atoms with Gasteiger partial charge in [-0.05, 0) is 12.5 Å². The molecule has 18 heavy (non-hydrogen) atoms. The molecule has 2 fully saturated rings. The van der Waals surface area contributed by atoms with E-state index in [0.29, 0.717) is 13.1 Å². The summed E-state index contributed by atoms with van der Waals surface area (Å²) >= 11 is 0. The number of carbonyl (C=O) groups excluding carboxylic acids is 2. The van der Waals surface area contributed by atoms with E-state index in [1.54, 1.807) is 0 Å². The molecule has 0 aliphatic carbocycles. The van der Waals surface area contributed by atoms with Crippen LogP contribution in [0.5, 0.6) is 0 Å². The van der Waals surface area contributed by atoms with Crippen molar-refractivity contribution in [3.63, 3.8) is 0 Å². The van der Waals surface area contributed by atoms with E-state index in [2.05, 4.69) is 22.3 Å². The van der Waals surface area contributed by atoms with Crippen LogP contribution in [0.3, 0.4) is 0 Å². The summed E-state index contributed by atoms with van der Waals surface area (Å²) in [4.78, 5) is 25.7. The molecule has 2 aliphatic heterocycles. The van der Waals surface area contributed by atoms with Gasteiger partial charge in [0.05, 0.1) is 11.3 Å². The molecule has 4 heteroatoms. The molecule has 2 heterocycles. The molecule has 1 aromatic carbocycles. The van der Waals surface area contributed by atoms with Gasteiger partial charge in [-0.15, -0.1) is 0 Å². The summed E-state index contributed by atoms with van der Waals surface area (Å²) in [6.45, 7) is 4.02. The van der Waals surface area contributed by atoms with Gasteiger partial charge in [0, 0.05) is 19.6 Å². The lowest BCUT2D eigenvalue weighted by Gasteiger charge is -2.20. The maximum absolute atomic E-state index is 11.8. The van der Waals surface area contributed by atoms with Crippen LogP contribution in [-0.4, -0.2) is 29.8 Å². The fourth-order valence-corrected chi connectivity index (χ4v) is 3.01. The van der Waals surface area contributed by atoms with Crippen molar-refractivity contribution in [3.8, 4) is 0 Å². The van der Waals surface area contributed by atoms with Gasteiger partial charge in [0.1, 0.15) is 0 Å². The Morgan fingerprint density at radius 2 is 2.06 bits per heavy atom. The lowest BCUT2D eigenvalue weighted by molar-refractivity contribution is -0.128. The van der Waals surface area contributed by atoms with Crippen molar-refractivity contribution in [2.75, 3.05) is 13.1 Å². The SMILES string of the molecule is CC12CN(Cc3ccccc3)CC1C(=O)NC2=O. The monoisotopic (exact) mass is 244 g/mol. The highest BCUT2D eigenvalue weighted by Gasteiger charge is 2.56. The van der Waals surface area contributed by atoms with E-state index in [-0.39, 0.29) is 17.7 Å². The maximum Gasteiger partial charge on any atom is 0.234 e. The van der Waals surface area contributed by atoms with Crippen molar-refractivity contribution in [3.05, 3.63) is 35.9 Å². The summed E-state index contributed by atoms with van der Waals surface area (Å²) in [6, 6.07) is 10.1. The number of imide groups is 1. The second-order valence-electron chi connectivity index (χ2n) is 5.44. The fraction of sp³-hybridized carbons (Fsp3) is 0.429. The number of hydrogen-bond donors (Lipinski definition) is 1. The summed E-state index contributed by atoms with van der Waals surface area (Å²) in [7, 11) is 0. The third kappa shape index (κ3) is 1.64. The number of benzene rings is 1. The molecule has 2 atom stereocenters. The molecule has 3 rings (SSSR count). The average molecular weight is 244 g/mol. The Morgan fingerprint density at radius 1 is 1.33 bits per heavy atom. The van der Waals surface area contributed by atoms with Gasteiger partial charge in [-0.1, -0.05) is 30.3 Å². The minimum absolute atomic E-state index is 0.113. The number of rotatable bonds is 2. The first-order chi connectivity index (χ1) is 8.59. The number of hydrogen-bond acceptors (Lipinski definition) is 3. The van der Waals surface area contributed by atoms with E-state index in [4.69, 9.17) is 0 Å². The quantitative estimate of drug-likeness (QED) is 0.782. The smallest absolute Gasteiger partial charge is 0.234 e. The van der Waals surface area contributed by atoms with Crippen molar-refractivity contribution >= 4 is 11.8 Å². The Bertz CT molecular complexity index is 500. The normalized spacial score (nSPS) is 31.5. The second-order valence-corrected chi connectivity index (χ2v) is 5.44. The van der Waals surface area contributed by atoms with Gasteiger partial charge in [-0.2, -0.15) is 0 Å². The predicted octanol–water partition coefficient (Wildman–Crippen LogP) is 0.781. The van der Waals surface area contributed by atoms with Crippen LogP contribution in [0.25, 0.3) is 0 Å². The van der Waals surface area contributed by atoms with Crippen molar-refractivity contribution in [1.82, 2.24) is 10.2 Å². The number of carbonyl (C=O) groups is 2. The number of nitrogens with zero attached hydrogens (tertiary/aromatic N) is 1. The Hall–Kier alpha value is -1.68. The zero-order chi connectivity index (χ0) is 12.8. The van der Waals surface area contributed by atoms with Crippen molar-refractivity contribution < 1.29 is 9.59 Å². The van der Waals surface area contributed by atoms with Gasteiger partial charge >= 0.3 is 0 Å². The minimum Gasteiger partial charge on any atom is -0.297 e. The largest absolute Gasteiger partial charge is 0.297 e. The van der Waals surface area contributed by atoms with Crippen molar-refractivity contribution in [1.29, 1.82) is 0 Å². The lowest BCUT2D eigenvalue weighted by atomic mass is 9.82. The molecule has 2 aliphatic rings. The Kier molecular flexibility index (Phi) is 2.48. The summed E-state index contributed by atoms with van der Waals surface area (Å²) in [5.74, 6) is -0.417. The predicted molar refractivity (Wildman–Crippen MR) is 66.5 cm³/mol. The molecule has 4 nitrogen and oxygen atoms in total. The van der Waals surface area contributed by atoms with Gasteiger partial charge in [0.25, 0.3) is 0 Å². The molecule has 0 radical (unpaired) electrons. The van der Waals surface area contributed by atoms with E-state index >= 15 is 0 Å². The highest BCUT2D eigenvalue weighted by Crippen LogP contribution is 2.40. The number of likely N-dealkylation sites (tertiary alicyclic amines) is 1. The number of amides is 2. The van der Waals surface area contributed by atoms with Crippen LogP contribution in [0.2, 0.25) is 0 Å². The second kappa shape index (κ2) is 3.92. The fourth-order valence-electron chi connectivity index (χ4n) is 3.01. The molecule has 2 unspecified atom stereocenters. The topological polar surface area (TPSA) is 49.4 Å². The first-order valence-electron chi connectivity index (χ1n) is 6.21. The number of fused-ring (bicyclic) bond motifs is 1. The highest BCUT2D eigenvalue weighted by atomic mass is 16.2. The van der Waals surface area contributed by atoms with Gasteiger partial charge in [0.15, 0.2) is 0 Å². The minimum atomic E-state index is -0.536. The summed E-state index contributed by atoms with van der Waals surface area (Å²) < 4.78 is 0. The first-order valence-corrected chi connectivity index (χ1v) is 6.21. The standard InChI is InChI=1S/C14H16N2O2/c1-14-9-16(7-10-5-3-2-4-6-10)8-11(14)12(17)15-13(14)18/h2-6,11H,7-9H2,1H3,(H,15,17,18). The Balaban J connectivity index is 1.76. The van der Waals surface area contributed by atoms with Crippen LogP contribution in [0.15, 0.2) is 30.3 Å². The molecule has 0 aromatic heterocycles. The van der Waals surface area contributed by atoms with E-state index in [1.807, 2.05) is 25.1 Å². The average Bonchev–Trinajstić information content (AvgIpc) is 2.77. The molecule has 0 saturated carbocycles. The number of nitrogens with one attached hydrogen (secondary N) is 1. The molecule has 1 aromatic rings. The summed E-state index contributed by atoms with van der Waals surface area (Å²) in [6.07, 6.45) is 0. The first kappa shape index (κ1) is 11.4. The van der Waals surface area contributed by atoms with Crippen LogP contribution < -0.4 is 5.32 Å². The third-order valence-corrected chi connectivity index (χ3v) is 4.08. The third-order valence-electron chi connectivity index (χ3n) is 4.08. The zero-order valence-corrected chi connectivity index (χ0v) is 10.3. The van der Waals surface area contributed by atoms with Gasteiger partial charge in [-0.3, -0.25) is 19.8 Å². The molecule has 0 bridgehead atoms. The van der Waals surface area contributed by atoms with Crippen molar-refractivity contribution in [2.24, 2.45) is 11.3 Å². The van der Waals surface area contributed by atoms with Crippen LogP contribution in [-0.2, 0) is 16.1 Å². The Morgan fingerprint density at radius 3 is 2.72 bits per heavy atom.